The lowest BCUT2D eigenvalue weighted by atomic mass is 10.1. The van der Waals surface area contributed by atoms with Crippen LogP contribution in [0.25, 0.3) is 0 Å². The monoisotopic (exact) mass is 268 g/mol. The summed E-state index contributed by atoms with van der Waals surface area (Å²) in [5.41, 5.74) is 1.13. The Morgan fingerprint density at radius 1 is 1.22 bits per heavy atom. The van der Waals surface area contributed by atoms with Crippen LogP contribution >= 0.6 is 11.6 Å². The van der Waals surface area contributed by atoms with Crippen molar-refractivity contribution >= 4 is 17.6 Å². The molecule has 0 saturated carbocycles. The molecule has 0 aliphatic heterocycles. The first kappa shape index (κ1) is 14.8. The summed E-state index contributed by atoms with van der Waals surface area (Å²) in [5, 5.41) is 6.41. The van der Waals surface area contributed by atoms with Crippen LogP contribution in [0.2, 0.25) is 5.02 Å². The molecule has 0 bridgehead atoms. The molecule has 0 unspecified atom stereocenters. The summed E-state index contributed by atoms with van der Waals surface area (Å²) < 4.78 is 0. The van der Waals surface area contributed by atoms with E-state index in [-0.39, 0.29) is 6.03 Å². The van der Waals surface area contributed by atoms with Gasteiger partial charge in [0.05, 0.1) is 0 Å². The van der Waals surface area contributed by atoms with Crippen LogP contribution in [-0.2, 0) is 6.42 Å². The minimum absolute atomic E-state index is 0.0897. The van der Waals surface area contributed by atoms with Gasteiger partial charge in [-0.3, -0.25) is 0 Å². The van der Waals surface area contributed by atoms with Crippen molar-refractivity contribution in [1.29, 1.82) is 0 Å². The molecule has 0 heterocycles. The highest BCUT2D eigenvalue weighted by molar-refractivity contribution is 6.30. The first-order valence-corrected chi connectivity index (χ1v) is 6.86. The summed E-state index contributed by atoms with van der Waals surface area (Å²) in [7, 11) is 0. The fourth-order valence-electron chi connectivity index (χ4n) is 1.65. The van der Waals surface area contributed by atoms with Crippen molar-refractivity contribution in [3.05, 3.63) is 34.9 Å². The fraction of sp³-hybridized carbons (Fsp3) is 0.500. The Labute approximate surface area is 114 Å². The second kappa shape index (κ2) is 8.81. The molecule has 100 valence electrons. The van der Waals surface area contributed by atoms with E-state index in [4.69, 9.17) is 11.6 Å². The summed E-state index contributed by atoms with van der Waals surface area (Å²) >= 11 is 5.88. The number of carbonyl (C=O) groups excluding carboxylic acids is 1. The molecule has 2 amide bonds. The Hall–Kier alpha value is -1.22. The van der Waals surface area contributed by atoms with Crippen LogP contribution in [0.15, 0.2) is 24.3 Å². The zero-order valence-electron chi connectivity index (χ0n) is 10.8. The van der Waals surface area contributed by atoms with Gasteiger partial charge in [-0.15, -0.1) is 0 Å². The highest BCUT2D eigenvalue weighted by atomic mass is 35.5. The molecule has 1 aromatic rings. The van der Waals surface area contributed by atoms with E-state index in [1.54, 1.807) is 0 Å². The SMILES string of the molecule is CCCCCNC(=O)NCCc1cccc(Cl)c1. The van der Waals surface area contributed by atoms with Crippen LogP contribution in [0.4, 0.5) is 4.79 Å². The Bertz CT molecular complexity index is 369. The van der Waals surface area contributed by atoms with Crippen molar-refractivity contribution in [3.8, 4) is 0 Å². The normalized spacial score (nSPS) is 10.1. The molecular formula is C14H21ClN2O. The highest BCUT2D eigenvalue weighted by Crippen LogP contribution is 2.10. The average Bonchev–Trinajstić information content (AvgIpc) is 2.35. The Kier molecular flexibility index (Phi) is 7.26. The number of amides is 2. The number of hydrogen-bond acceptors (Lipinski definition) is 1. The first-order valence-electron chi connectivity index (χ1n) is 6.48. The number of nitrogens with one attached hydrogen (secondary N) is 2. The molecular weight excluding hydrogens is 248 g/mol. The summed E-state index contributed by atoms with van der Waals surface area (Å²) in [5.74, 6) is 0. The smallest absolute Gasteiger partial charge is 0.314 e. The Morgan fingerprint density at radius 3 is 2.72 bits per heavy atom. The molecule has 0 atom stereocenters. The molecule has 18 heavy (non-hydrogen) atoms. The van der Waals surface area contributed by atoms with Gasteiger partial charge in [0.2, 0.25) is 0 Å². The third-order valence-electron chi connectivity index (χ3n) is 2.65. The van der Waals surface area contributed by atoms with Gasteiger partial charge in [0.1, 0.15) is 0 Å². The predicted octanol–water partition coefficient (Wildman–Crippen LogP) is 3.37. The van der Waals surface area contributed by atoms with Gasteiger partial charge in [0, 0.05) is 18.1 Å². The summed E-state index contributed by atoms with van der Waals surface area (Å²) in [4.78, 5) is 11.4. The Morgan fingerprint density at radius 2 is 2.00 bits per heavy atom. The van der Waals surface area contributed by atoms with Crippen molar-refractivity contribution in [2.24, 2.45) is 0 Å². The van der Waals surface area contributed by atoms with Crippen molar-refractivity contribution in [1.82, 2.24) is 10.6 Å². The molecule has 0 aliphatic carbocycles. The van der Waals surface area contributed by atoms with Gasteiger partial charge in [0.15, 0.2) is 0 Å². The Balaban J connectivity index is 2.12. The van der Waals surface area contributed by atoms with E-state index >= 15 is 0 Å². The molecule has 1 rings (SSSR count). The minimum Gasteiger partial charge on any atom is -0.338 e. The topological polar surface area (TPSA) is 41.1 Å². The third kappa shape index (κ3) is 6.50. The molecule has 3 nitrogen and oxygen atoms in total. The van der Waals surface area contributed by atoms with E-state index in [1.165, 1.54) is 0 Å². The number of carbonyl (C=O) groups is 1. The molecule has 0 fully saturated rings. The van der Waals surface area contributed by atoms with E-state index in [9.17, 15) is 4.79 Å². The number of hydrogen-bond donors (Lipinski definition) is 2. The zero-order valence-corrected chi connectivity index (χ0v) is 11.6. The zero-order chi connectivity index (χ0) is 13.2. The fourth-order valence-corrected chi connectivity index (χ4v) is 1.87. The van der Waals surface area contributed by atoms with Crippen LogP contribution in [-0.4, -0.2) is 19.1 Å². The van der Waals surface area contributed by atoms with E-state index < -0.39 is 0 Å². The first-order chi connectivity index (χ1) is 8.72. The predicted molar refractivity (Wildman–Crippen MR) is 76.1 cm³/mol. The quantitative estimate of drug-likeness (QED) is 0.732. The second-order valence-corrected chi connectivity index (χ2v) is 4.71. The van der Waals surface area contributed by atoms with Crippen LogP contribution < -0.4 is 10.6 Å². The van der Waals surface area contributed by atoms with Crippen molar-refractivity contribution in [3.63, 3.8) is 0 Å². The lowest BCUT2D eigenvalue weighted by molar-refractivity contribution is 0.241. The molecule has 0 radical (unpaired) electrons. The number of rotatable bonds is 7. The van der Waals surface area contributed by atoms with Crippen molar-refractivity contribution in [2.75, 3.05) is 13.1 Å². The van der Waals surface area contributed by atoms with Crippen molar-refractivity contribution < 1.29 is 4.79 Å². The molecule has 0 aromatic heterocycles. The lowest BCUT2D eigenvalue weighted by Gasteiger charge is -2.07. The second-order valence-electron chi connectivity index (χ2n) is 4.27. The van der Waals surface area contributed by atoms with Crippen molar-refractivity contribution in [2.45, 2.75) is 32.6 Å². The van der Waals surface area contributed by atoms with Gasteiger partial charge in [-0.05, 0) is 30.5 Å². The minimum atomic E-state index is -0.0897. The molecule has 2 N–H and O–H groups in total. The number of benzene rings is 1. The van der Waals surface area contributed by atoms with Gasteiger partial charge in [-0.1, -0.05) is 43.5 Å². The molecule has 0 saturated heterocycles. The summed E-state index contributed by atoms with van der Waals surface area (Å²) in [6.45, 7) is 3.52. The standard InChI is InChI=1S/C14H21ClN2O/c1-2-3-4-9-16-14(18)17-10-8-12-6-5-7-13(15)11-12/h5-7,11H,2-4,8-10H2,1H3,(H2,16,17,18). The van der Waals surface area contributed by atoms with Crippen LogP contribution in [0.3, 0.4) is 0 Å². The summed E-state index contributed by atoms with van der Waals surface area (Å²) in [6, 6.07) is 7.60. The summed E-state index contributed by atoms with van der Waals surface area (Å²) in [6.07, 6.45) is 4.15. The van der Waals surface area contributed by atoms with Crippen LogP contribution in [0, 0.1) is 0 Å². The van der Waals surface area contributed by atoms with E-state index in [0.29, 0.717) is 6.54 Å². The number of unbranched alkanes of at least 4 members (excludes halogenated alkanes) is 2. The number of urea groups is 1. The van der Waals surface area contributed by atoms with E-state index in [0.717, 1.165) is 42.8 Å². The largest absolute Gasteiger partial charge is 0.338 e. The van der Waals surface area contributed by atoms with E-state index in [1.807, 2.05) is 24.3 Å². The van der Waals surface area contributed by atoms with Gasteiger partial charge < -0.3 is 10.6 Å². The maximum absolute atomic E-state index is 11.4. The number of halogens is 1. The molecule has 0 aliphatic rings. The van der Waals surface area contributed by atoms with E-state index in [2.05, 4.69) is 17.6 Å². The van der Waals surface area contributed by atoms with Gasteiger partial charge in [-0.25, -0.2) is 4.79 Å². The average molecular weight is 269 g/mol. The molecule has 4 heteroatoms. The third-order valence-corrected chi connectivity index (χ3v) is 2.89. The molecule has 0 spiro atoms. The maximum Gasteiger partial charge on any atom is 0.314 e. The van der Waals surface area contributed by atoms with Gasteiger partial charge >= 0.3 is 6.03 Å². The highest BCUT2D eigenvalue weighted by Gasteiger charge is 1.99. The van der Waals surface area contributed by atoms with Gasteiger partial charge in [-0.2, -0.15) is 0 Å². The van der Waals surface area contributed by atoms with Gasteiger partial charge in [0.25, 0.3) is 0 Å². The van der Waals surface area contributed by atoms with Crippen LogP contribution in [0.5, 0.6) is 0 Å². The molecule has 1 aromatic carbocycles. The van der Waals surface area contributed by atoms with Crippen LogP contribution in [0.1, 0.15) is 31.7 Å². The maximum atomic E-state index is 11.4. The lowest BCUT2D eigenvalue weighted by Crippen LogP contribution is -2.37.